The molecular weight excluding hydrogens is 234 g/mol. The fourth-order valence-corrected chi connectivity index (χ4v) is 2.71. The highest BCUT2D eigenvalue weighted by Gasteiger charge is 2.21. The van der Waals surface area contributed by atoms with Crippen LogP contribution in [0.2, 0.25) is 0 Å². The lowest BCUT2D eigenvalue weighted by atomic mass is 9.93. The van der Waals surface area contributed by atoms with Crippen molar-refractivity contribution in [1.82, 2.24) is 10.2 Å². The molecule has 1 aromatic carbocycles. The van der Waals surface area contributed by atoms with E-state index >= 15 is 0 Å². The smallest absolute Gasteiger partial charge is 0.0984 e. The van der Waals surface area contributed by atoms with Gasteiger partial charge in [-0.25, -0.2) is 0 Å². The Morgan fingerprint density at radius 1 is 1.26 bits per heavy atom. The van der Waals surface area contributed by atoms with Crippen LogP contribution in [-0.4, -0.2) is 37.1 Å². The summed E-state index contributed by atoms with van der Waals surface area (Å²) < 4.78 is 0. The summed E-state index contributed by atoms with van der Waals surface area (Å²) in [5.74, 6) is 0.432. The van der Waals surface area contributed by atoms with Gasteiger partial charge < -0.3 is 5.32 Å². The number of rotatable bonds is 4. The topological polar surface area (TPSA) is 39.1 Å². The summed E-state index contributed by atoms with van der Waals surface area (Å²) in [5.41, 5.74) is 1.33. The second kappa shape index (κ2) is 7.28. The Balaban J connectivity index is 1.96. The van der Waals surface area contributed by atoms with E-state index in [0.29, 0.717) is 5.92 Å². The third kappa shape index (κ3) is 4.05. The molecule has 0 aliphatic carbocycles. The monoisotopic (exact) mass is 257 g/mol. The minimum absolute atomic E-state index is 0.0371. The van der Waals surface area contributed by atoms with Gasteiger partial charge in [-0.15, -0.1) is 0 Å². The van der Waals surface area contributed by atoms with Gasteiger partial charge in [-0.1, -0.05) is 37.3 Å². The van der Waals surface area contributed by atoms with Crippen molar-refractivity contribution in [2.24, 2.45) is 0 Å². The minimum Gasteiger partial charge on any atom is -0.315 e. The highest BCUT2D eigenvalue weighted by molar-refractivity contribution is 5.19. The average molecular weight is 257 g/mol. The minimum atomic E-state index is 0.0371. The lowest BCUT2D eigenvalue weighted by molar-refractivity contribution is 0.233. The lowest BCUT2D eigenvalue weighted by Gasteiger charge is -2.27. The highest BCUT2D eigenvalue weighted by Crippen LogP contribution is 2.22. The van der Waals surface area contributed by atoms with Gasteiger partial charge in [-0.3, -0.25) is 4.90 Å². The molecule has 0 radical (unpaired) electrons. The summed E-state index contributed by atoms with van der Waals surface area (Å²) in [6, 6.07) is 13.0. The summed E-state index contributed by atoms with van der Waals surface area (Å²) in [7, 11) is 0. The van der Waals surface area contributed by atoms with Gasteiger partial charge in [-0.2, -0.15) is 5.26 Å². The third-order valence-electron chi connectivity index (χ3n) is 3.91. The van der Waals surface area contributed by atoms with Gasteiger partial charge in [0.1, 0.15) is 0 Å². The normalized spacial score (nSPS) is 20.2. The van der Waals surface area contributed by atoms with Gasteiger partial charge in [0.2, 0.25) is 0 Å². The van der Waals surface area contributed by atoms with Crippen molar-refractivity contribution in [3.8, 4) is 6.07 Å². The molecule has 0 bridgehead atoms. The number of nitriles is 1. The fraction of sp³-hybridized carbons (Fsp3) is 0.562. The first-order valence-corrected chi connectivity index (χ1v) is 7.20. The van der Waals surface area contributed by atoms with Crippen LogP contribution >= 0.6 is 0 Å². The summed E-state index contributed by atoms with van der Waals surface area (Å²) in [4.78, 5) is 2.33. The highest BCUT2D eigenvalue weighted by atomic mass is 15.2. The summed E-state index contributed by atoms with van der Waals surface area (Å²) >= 11 is 0. The number of hydrogen-bond donors (Lipinski definition) is 1. The Morgan fingerprint density at radius 2 is 2.05 bits per heavy atom. The Labute approximate surface area is 116 Å². The molecule has 1 heterocycles. The predicted octanol–water partition coefficient (Wildman–Crippen LogP) is 2.37. The van der Waals surface area contributed by atoms with Crippen molar-refractivity contribution in [2.75, 3.05) is 26.2 Å². The van der Waals surface area contributed by atoms with Gasteiger partial charge in [0.05, 0.1) is 12.1 Å². The predicted molar refractivity (Wildman–Crippen MR) is 77.9 cm³/mol. The van der Waals surface area contributed by atoms with Crippen LogP contribution in [0, 0.1) is 11.3 Å². The summed E-state index contributed by atoms with van der Waals surface area (Å²) in [5, 5.41) is 12.8. The molecule has 102 valence electrons. The molecule has 1 fully saturated rings. The maximum Gasteiger partial charge on any atom is 0.0984 e. The molecule has 3 nitrogen and oxygen atoms in total. The average Bonchev–Trinajstić information content (AvgIpc) is 2.74. The number of nitrogens with one attached hydrogen (secondary N) is 1. The Hall–Kier alpha value is -1.37. The number of benzene rings is 1. The van der Waals surface area contributed by atoms with Gasteiger partial charge in [0.25, 0.3) is 0 Å². The second-order valence-electron chi connectivity index (χ2n) is 5.33. The van der Waals surface area contributed by atoms with Crippen LogP contribution < -0.4 is 5.32 Å². The molecule has 1 N–H and O–H groups in total. The van der Waals surface area contributed by atoms with Crippen LogP contribution in [0.1, 0.15) is 31.2 Å². The largest absolute Gasteiger partial charge is 0.315 e. The quantitative estimate of drug-likeness (QED) is 0.900. The molecule has 1 aliphatic rings. The molecule has 0 spiro atoms. The van der Waals surface area contributed by atoms with Crippen LogP contribution in [0.3, 0.4) is 0 Å². The molecule has 2 atom stereocenters. The zero-order valence-electron chi connectivity index (χ0n) is 11.7. The molecule has 2 rings (SSSR count). The Morgan fingerprint density at radius 3 is 2.79 bits per heavy atom. The SMILES string of the molecule is CC(CC(C#N)N1CCCNCC1)c1ccccc1. The second-order valence-corrected chi connectivity index (χ2v) is 5.33. The third-order valence-corrected chi connectivity index (χ3v) is 3.91. The summed E-state index contributed by atoms with van der Waals surface area (Å²) in [6.45, 7) is 6.31. The van der Waals surface area contributed by atoms with E-state index in [4.69, 9.17) is 0 Å². The van der Waals surface area contributed by atoms with Gasteiger partial charge in [-0.05, 0) is 30.9 Å². The molecule has 1 saturated heterocycles. The van der Waals surface area contributed by atoms with Crippen LogP contribution in [-0.2, 0) is 0 Å². The lowest BCUT2D eigenvalue weighted by Crippen LogP contribution is -2.37. The van der Waals surface area contributed by atoms with Crippen molar-refractivity contribution >= 4 is 0 Å². The van der Waals surface area contributed by atoms with Crippen LogP contribution in [0.4, 0.5) is 0 Å². The summed E-state index contributed by atoms with van der Waals surface area (Å²) in [6.07, 6.45) is 2.05. The molecule has 2 unspecified atom stereocenters. The van der Waals surface area contributed by atoms with Crippen LogP contribution in [0.5, 0.6) is 0 Å². The fourth-order valence-electron chi connectivity index (χ4n) is 2.71. The Kier molecular flexibility index (Phi) is 5.38. The van der Waals surface area contributed by atoms with Gasteiger partial charge in [0, 0.05) is 19.6 Å². The molecular formula is C16H23N3. The van der Waals surface area contributed by atoms with Crippen LogP contribution in [0.15, 0.2) is 30.3 Å². The molecule has 3 heteroatoms. The number of hydrogen-bond acceptors (Lipinski definition) is 3. The van der Waals surface area contributed by atoms with E-state index in [-0.39, 0.29) is 6.04 Å². The first-order valence-electron chi connectivity index (χ1n) is 7.20. The van der Waals surface area contributed by atoms with Crippen molar-refractivity contribution < 1.29 is 0 Å². The van der Waals surface area contributed by atoms with Gasteiger partial charge in [0.15, 0.2) is 0 Å². The Bertz CT molecular complexity index is 402. The molecule has 0 amide bonds. The molecule has 1 aliphatic heterocycles. The number of nitrogens with zero attached hydrogens (tertiary/aromatic N) is 2. The zero-order chi connectivity index (χ0) is 13.5. The molecule has 1 aromatic rings. The molecule has 0 aromatic heterocycles. The van der Waals surface area contributed by atoms with E-state index in [1.54, 1.807) is 0 Å². The van der Waals surface area contributed by atoms with Crippen molar-refractivity contribution in [1.29, 1.82) is 5.26 Å². The van der Waals surface area contributed by atoms with E-state index < -0.39 is 0 Å². The van der Waals surface area contributed by atoms with E-state index in [1.165, 1.54) is 5.56 Å². The van der Waals surface area contributed by atoms with E-state index in [0.717, 1.165) is 39.0 Å². The maximum absolute atomic E-state index is 9.45. The van der Waals surface area contributed by atoms with E-state index in [1.807, 2.05) is 6.07 Å². The zero-order valence-corrected chi connectivity index (χ0v) is 11.7. The van der Waals surface area contributed by atoms with E-state index in [2.05, 4.69) is 47.5 Å². The first-order chi connectivity index (χ1) is 9.31. The standard InChI is InChI=1S/C16H23N3/c1-14(15-6-3-2-4-7-15)12-16(13-17)19-10-5-8-18-9-11-19/h2-4,6-7,14,16,18H,5,8-12H2,1H3. The van der Waals surface area contributed by atoms with Crippen LogP contribution in [0.25, 0.3) is 0 Å². The van der Waals surface area contributed by atoms with E-state index in [9.17, 15) is 5.26 Å². The molecule has 0 saturated carbocycles. The van der Waals surface area contributed by atoms with Crippen molar-refractivity contribution in [2.45, 2.75) is 31.7 Å². The molecule has 19 heavy (non-hydrogen) atoms. The maximum atomic E-state index is 9.45. The van der Waals surface area contributed by atoms with Crippen molar-refractivity contribution in [3.63, 3.8) is 0 Å². The van der Waals surface area contributed by atoms with Crippen molar-refractivity contribution in [3.05, 3.63) is 35.9 Å². The first kappa shape index (κ1) is 14.0. The van der Waals surface area contributed by atoms with Gasteiger partial charge >= 0.3 is 0 Å².